The number of anilines is 2. The lowest BCUT2D eigenvalue weighted by Crippen LogP contribution is -2.12. The Balaban J connectivity index is 1.78. The van der Waals surface area contributed by atoms with Gasteiger partial charge in [0, 0.05) is 16.9 Å². The zero-order chi connectivity index (χ0) is 17.8. The molecule has 0 radical (unpaired) electrons. The summed E-state index contributed by atoms with van der Waals surface area (Å²) in [4.78, 5) is 23.9. The smallest absolute Gasteiger partial charge is 0.255 e. The Labute approximate surface area is 146 Å². The summed E-state index contributed by atoms with van der Waals surface area (Å²) < 4.78 is 11.1. The second-order valence-corrected chi connectivity index (χ2v) is 5.58. The van der Waals surface area contributed by atoms with Gasteiger partial charge in [-0.3, -0.25) is 9.59 Å². The van der Waals surface area contributed by atoms with Crippen molar-refractivity contribution in [3.8, 4) is 11.5 Å². The maximum atomic E-state index is 12.5. The molecule has 0 unspecified atom stereocenters. The minimum Gasteiger partial charge on any atom is -0.490 e. The molecular formula is C19H20N2O4. The molecule has 2 aromatic rings. The first-order valence-electron chi connectivity index (χ1n) is 8.24. The molecule has 3 rings (SSSR count). The van der Waals surface area contributed by atoms with E-state index in [0.717, 1.165) is 11.3 Å². The van der Waals surface area contributed by atoms with Gasteiger partial charge in [-0.15, -0.1) is 0 Å². The summed E-state index contributed by atoms with van der Waals surface area (Å²) in [5.74, 6) is 0.872. The molecule has 0 saturated carbocycles. The molecule has 0 spiro atoms. The van der Waals surface area contributed by atoms with Crippen LogP contribution in [0, 0.1) is 0 Å². The van der Waals surface area contributed by atoms with E-state index in [1.54, 1.807) is 30.3 Å². The van der Waals surface area contributed by atoms with Crippen LogP contribution in [0.5, 0.6) is 11.5 Å². The van der Waals surface area contributed by atoms with Gasteiger partial charge in [-0.25, -0.2) is 0 Å². The molecule has 0 atom stereocenters. The SMILES string of the molecule is CCOc1ccc(C(=O)Nc2ccc3c(c2)CC(=O)N3)cc1OCC. The van der Waals surface area contributed by atoms with Crippen molar-refractivity contribution >= 4 is 23.2 Å². The van der Waals surface area contributed by atoms with Crippen molar-refractivity contribution in [2.45, 2.75) is 20.3 Å². The zero-order valence-electron chi connectivity index (χ0n) is 14.2. The molecule has 2 aromatic carbocycles. The number of hydrogen-bond donors (Lipinski definition) is 2. The van der Waals surface area contributed by atoms with Crippen LogP contribution in [0.2, 0.25) is 0 Å². The molecule has 0 fully saturated rings. The zero-order valence-corrected chi connectivity index (χ0v) is 14.2. The van der Waals surface area contributed by atoms with Crippen LogP contribution >= 0.6 is 0 Å². The number of rotatable bonds is 6. The van der Waals surface area contributed by atoms with Gasteiger partial charge >= 0.3 is 0 Å². The van der Waals surface area contributed by atoms with Crippen LogP contribution in [-0.4, -0.2) is 25.0 Å². The molecule has 1 aliphatic heterocycles. The average molecular weight is 340 g/mol. The van der Waals surface area contributed by atoms with E-state index in [1.165, 1.54) is 0 Å². The van der Waals surface area contributed by atoms with E-state index < -0.39 is 0 Å². The first kappa shape index (κ1) is 16.8. The van der Waals surface area contributed by atoms with Gasteiger partial charge in [-0.2, -0.15) is 0 Å². The highest BCUT2D eigenvalue weighted by Crippen LogP contribution is 2.30. The maximum absolute atomic E-state index is 12.5. The van der Waals surface area contributed by atoms with Crippen LogP contribution in [0.15, 0.2) is 36.4 Å². The van der Waals surface area contributed by atoms with E-state index in [9.17, 15) is 9.59 Å². The highest BCUT2D eigenvalue weighted by atomic mass is 16.5. The van der Waals surface area contributed by atoms with Gasteiger partial charge in [0.1, 0.15) is 0 Å². The summed E-state index contributed by atoms with van der Waals surface area (Å²) in [5.41, 5.74) is 2.79. The van der Waals surface area contributed by atoms with Crippen LogP contribution in [0.1, 0.15) is 29.8 Å². The van der Waals surface area contributed by atoms with Gasteiger partial charge in [-0.05, 0) is 55.8 Å². The summed E-state index contributed by atoms with van der Waals surface area (Å²) in [7, 11) is 0. The lowest BCUT2D eigenvalue weighted by molar-refractivity contribution is -0.115. The van der Waals surface area contributed by atoms with Gasteiger partial charge in [-0.1, -0.05) is 0 Å². The number of ether oxygens (including phenoxy) is 2. The largest absolute Gasteiger partial charge is 0.490 e. The Kier molecular flexibility index (Phi) is 4.88. The van der Waals surface area contributed by atoms with Crippen molar-refractivity contribution < 1.29 is 19.1 Å². The molecule has 6 nitrogen and oxygen atoms in total. The van der Waals surface area contributed by atoms with Crippen LogP contribution in [0.4, 0.5) is 11.4 Å². The van der Waals surface area contributed by atoms with Crippen molar-refractivity contribution in [2.75, 3.05) is 23.8 Å². The van der Waals surface area contributed by atoms with E-state index in [-0.39, 0.29) is 11.8 Å². The van der Waals surface area contributed by atoms with Crippen LogP contribution in [-0.2, 0) is 11.2 Å². The Bertz CT molecular complexity index is 817. The minimum absolute atomic E-state index is 0.0358. The number of benzene rings is 2. The third kappa shape index (κ3) is 3.74. The quantitative estimate of drug-likeness (QED) is 0.846. The lowest BCUT2D eigenvalue weighted by atomic mass is 10.1. The summed E-state index contributed by atoms with van der Waals surface area (Å²) >= 11 is 0. The Morgan fingerprint density at radius 3 is 2.60 bits per heavy atom. The molecule has 0 saturated heterocycles. The fraction of sp³-hybridized carbons (Fsp3) is 0.263. The monoisotopic (exact) mass is 340 g/mol. The number of fused-ring (bicyclic) bond motifs is 1. The average Bonchev–Trinajstić information content (AvgIpc) is 2.96. The third-order valence-electron chi connectivity index (χ3n) is 3.79. The Hall–Kier alpha value is -3.02. The van der Waals surface area contributed by atoms with Crippen LogP contribution < -0.4 is 20.1 Å². The second kappa shape index (κ2) is 7.25. The lowest BCUT2D eigenvalue weighted by Gasteiger charge is -2.13. The number of carbonyl (C=O) groups is 2. The summed E-state index contributed by atoms with van der Waals surface area (Å²) in [6, 6.07) is 10.5. The topological polar surface area (TPSA) is 76.7 Å². The summed E-state index contributed by atoms with van der Waals surface area (Å²) in [6.07, 6.45) is 0.330. The van der Waals surface area contributed by atoms with E-state index in [4.69, 9.17) is 9.47 Å². The molecule has 25 heavy (non-hydrogen) atoms. The van der Waals surface area contributed by atoms with Gasteiger partial charge in [0.15, 0.2) is 11.5 Å². The second-order valence-electron chi connectivity index (χ2n) is 5.58. The molecular weight excluding hydrogens is 320 g/mol. The summed E-state index contributed by atoms with van der Waals surface area (Å²) in [6.45, 7) is 4.77. The van der Waals surface area contributed by atoms with Crippen LogP contribution in [0.25, 0.3) is 0 Å². The molecule has 130 valence electrons. The van der Waals surface area contributed by atoms with Crippen molar-refractivity contribution in [3.63, 3.8) is 0 Å². The molecule has 2 N–H and O–H groups in total. The van der Waals surface area contributed by atoms with Gasteiger partial charge in [0.05, 0.1) is 19.6 Å². The van der Waals surface area contributed by atoms with Gasteiger partial charge in [0.25, 0.3) is 5.91 Å². The van der Waals surface area contributed by atoms with Crippen molar-refractivity contribution in [2.24, 2.45) is 0 Å². The molecule has 1 heterocycles. The van der Waals surface area contributed by atoms with E-state index >= 15 is 0 Å². The molecule has 2 amide bonds. The fourth-order valence-corrected chi connectivity index (χ4v) is 2.70. The number of hydrogen-bond acceptors (Lipinski definition) is 4. The predicted octanol–water partition coefficient (Wildman–Crippen LogP) is 3.23. The van der Waals surface area contributed by atoms with Gasteiger partial charge in [0.2, 0.25) is 5.91 Å². The van der Waals surface area contributed by atoms with Crippen molar-refractivity contribution in [1.29, 1.82) is 0 Å². The standard InChI is InChI=1S/C19H20N2O4/c1-3-24-16-8-5-12(10-17(16)25-4-2)19(23)20-14-6-7-15-13(9-14)11-18(22)21-15/h5-10H,3-4,11H2,1-2H3,(H,20,23)(H,21,22). The van der Waals surface area contributed by atoms with Gasteiger partial charge < -0.3 is 20.1 Å². The van der Waals surface area contributed by atoms with Crippen molar-refractivity contribution in [3.05, 3.63) is 47.5 Å². The normalized spacial score (nSPS) is 12.3. The number of nitrogens with one attached hydrogen (secondary N) is 2. The third-order valence-corrected chi connectivity index (χ3v) is 3.79. The molecule has 6 heteroatoms. The van der Waals surface area contributed by atoms with Crippen LogP contribution in [0.3, 0.4) is 0 Å². The van der Waals surface area contributed by atoms with E-state index in [0.29, 0.717) is 42.4 Å². The predicted molar refractivity (Wildman–Crippen MR) is 95.5 cm³/mol. The number of amides is 2. The van der Waals surface area contributed by atoms with E-state index in [2.05, 4.69) is 10.6 Å². The minimum atomic E-state index is -0.249. The summed E-state index contributed by atoms with van der Waals surface area (Å²) in [5, 5.41) is 5.62. The Morgan fingerprint density at radius 1 is 1.08 bits per heavy atom. The number of carbonyl (C=O) groups excluding carboxylic acids is 2. The molecule has 0 aliphatic carbocycles. The first-order chi connectivity index (χ1) is 12.1. The Morgan fingerprint density at radius 2 is 1.84 bits per heavy atom. The molecule has 1 aliphatic rings. The fourth-order valence-electron chi connectivity index (χ4n) is 2.70. The van der Waals surface area contributed by atoms with E-state index in [1.807, 2.05) is 19.9 Å². The highest BCUT2D eigenvalue weighted by Gasteiger charge is 2.18. The highest BCUT2D eigenvalue weighted by molar-refractivity contribution is 6.05. The molecule has 0 bridgehead atoms. The van der Waals surface area contributed by atoms with Crippen molar-refractivity contribution in [1.82, 2.24) is 0 Å². The maximum Gasteiger partial charge on any atom is 0.255 e. The first-order valence-corrected chi connectivity index (χ1v) is 8.24. The molecule has 0 aromatic heterocycles.